The van der Waals surface area contributed by atoms with E-state index in [-0.39, 0.29) is 4.90 Å². The molecule has 0 saturated heterocycles. The Morgan fingerprint density at radius 3 is 2.50 bits per heavy atom. The third-order valence-electron chi connectivity index (χ3n) is 2.07. The quantitative estimate of drug-likeness (QED) is 0.872. The second-order valence-electron chi connectivity index (χ2n) is 3.45. The smallest absolute Gasteiger partial charge is 0.263 e. The van der Waals surface area contributed by atoms with E-state index in [9.17, 15) is 8.42 Å². The van der Waals surface area contributed by atoms with Crippen molar-refractivity contribution >= 4 is 47.6 Å². The van der Waals surface area contributed by atoms with E-state index in [2.05, 4.69) is 41.6 Å². The number of benzene rings is 1. The van der Waals surface area contributed by atoms with Crippen LogP contribution in [-0.2, 0) is 10.0 Å². The molecule has 94 valence electrons. The predicted octanol–water partition coefficient (Wildman–Crippen LogP) is 3.41. The normalized spacial score (nSPS) is 11.2. The van der Waals surface area contributed by atoms with Crippen molar-refractivity contribution in [1.29, 1.82) is 0 Å². The molecule has 0 amide bonds. The third-order valence-corrected chi connectivity index (χ3v) is 4.34. The summed E-state index contributed by atoms with van der Waals surface area (Å²) in [5.41, 5.74) is 0.490. The van der Waals surface area contributed by atoms with E-state index in [1.807, 2.05) is 6.07 Å². The number of aromatic nitrogens is 1. The number of pyridine rings is 1. The highest BCUT2D eigenvalue weighted by molar-refractivity contribution is 9.10. The van der Waals surface area contributed by atoms with Crippen LogP contribution in [0.2, 0.25) is 0 Å². The van der Waals surface area contributed by atoms with Crippen LogP contribution in [0.1, 0.15) is 0 Å². The van der Waals surface area contributed by atoms with Crippen LogP contribution >= 0.6 is 31.9 Å². The summed E-state index contributed by atoms with van der Waals surface area (Å²) in [6.45, 7) is 0. The molecule has 4 nitrogen and oxygen atoms in total. The van der Waals surface area contributed by atoms with Crippen LogP contribution in [0, 0.1) is 0 Å². The molecule has 1 N–H and O–H groups in total. The molecule has 1 aromatic heterocycles. The number of hydrogen-bond acceptors (Lipinski definition) is 3. The lowest BCUT2D eigenvalue weighted by molar-refractivity contribution is 0.600. The van der Waals surface area contributed by atoms with Gasteiger partial charge in [0.05, 0.1) is 0 Å². The van der Waals surface area contributed by atoms with Crippen molar-refractivity contribution in [2.24, 2.45) is 0 Å². The van der Waals surface area contributed by atoms with Crippen molar-refractivity contribution < 1.29 is 8.42 Å². The molecule has 0 aliphatic carbocycles. The Morgan fingerprint density at radius 1 is 1.06 bits per heavy atom. The zero-order chi connectivity index (χ0) is 13.2. The number of rotatable bonds is 3. The average molecular weight is 392 g/mol. The Balaban J connectivity index is 2.33. The molecule has 2 aromatic rings. The van der Waals surface area contributed by atoms with E-state index in [4.69, 9.17) is 0 Å². The summed E-state index contributed by atoms with van der Waals surface area (Å²) in [5.74, 6) is 0. The molecule has 18 heavy (non-hydrogen) atoms. The minimum atomic E-state index is -3.62. The molecule has 0 saturated carbocycles. The summed E-state index contributed by atoms with van der Waals surface area (Å²) < 4.78 is 28.1. The number of hydrogen-bond donors (Lipinski definition) is 1. The molecule has 0 fully saturated rings. The highest BCUT2D eigenvalue weighted by Crippen LogP contribution is 2.20. The van der Waals surface area contributed by atoms with Crippen LogP contribution in [0.5, 0.6) is 0 Å². The Kier molecular flexibility index (Phi) is 4.04. The summed E-state index contributed by atoms with van der Waals surface area (Å²) in [5, 5.41) is 0. The van der Waals surface area contributed by atoms with E-state index in [1.165, 1.54) is 18.5 Å². The first kappa shape index (κ1) is 13.5. The molecular weight excluding hydrogens is 384 g/mol. The van der Waals surface area contributed by atoms with Crippen molar-refractivity contribution in [1.82, 2.24) is 4.98 Å². The molecule has 0 bridgehead atoms. The van der Waals surface area contributed by atoms with Crippen molar-refractivity contribution in [2.75, 3.05) is 4.72 Å². The van der Waals surface area contributed by atoms with Gasteiger partial charge < -0.3 is 0 Å². The summed E-state index contributed by atoms with van der Waals surface area (Å²) in [4.78, 5) is 3.94. The zero-order valence-electron chi connectivity index (χ0n) is 8.97. The van der Waals surface area contributed by atoms with Gasteiger partial charge in [0, 0.05) is 27.0 Å². The fraction of sp³-hybridized carbons (Fsp3) is 0. The van der Waals surface area contributed by atoms with Gasteiger partial charge in [0.1, 0.15) is 4.90 Å². The van der Waals surface area contributed by atoms with E-state index in [0.717, 1.165) is 4.47 Å². The lowest BCUT2D eigenvalue weighted by atomic mass is 10.3. The lowest BCUT2D eigenvalue weighted by Gasteiger charge is -2.08. The maximum absolute atomic E-state index is 12.1. The van der Waals surface area contributed by atoms with Gasteiger partial charge in [0.25, 0.3) is 10.0 Å². The fourth-order valence-corrected chi connectivity index (χ4v) is 3.26. The summed E-state index contributed by atoms with van der Waals surface area (Å²) in [7, 11) is -3.62. The largest absolute Gasteiger partial charge is 0.280 e. The molecule has 0 radical (unpaired) electrons. The predicted molar refractivity (Wildman–Crippen MR) is 76.9 cm³/mol. The number of halogens is 2. The second kappa shape index (κ2) is 5.38. The van der Waals surface area contributed by atoms with Crippen LogP contribution in [-0.4, -0.2) is 13.4 Å². The van der Waals surface area contributed by atoms with Gasteiger partial charge in [-0.3, -0.25) is 9.71 Å². The van der Waals surface area contributed by atoms with Gasteiger partial charge in [-0.15, -0.1) is 0 Å². The van der Waals surface area contributed by atoms with Crippen molar-refractivity contribution in [3.05, 3.63) is 51.7 Å². The van der Waals surface area contributed by atoms with E-state index < -0.39 is 10.0 Å². The minimum absolute atomic E-state index is 0.108. The molecule has 0 atom stereocenters. The topological polar surface area (TPSA) is 59.1 Å². The molecular formula is C11H8Br2N2O2S. The fourth-order valence-electron chi connectivity index (χ4n) is 1.31. The average Bonchev–Trinajstić information content (AvgIpc) is 2.28. The molecule has 0 spiro atoms. The monoisotopic (exact) mass is 390 g/mol. The number of nitrogens with one attached hydrogen (secondary N) is 1. The van der Waals surface area contributed by atoms with Gasteiger partial charge in [0.2, 0.25) is 0 Å². The van der Waals surface area contributed by atoms with Gasteiger partial charge in [0.15, 0.2) is 0 Å². The Labute approximate surface area is 122 Å². The Morgan fingerprint density at radius 2 is 1.83 bits per heavy atom. The van der Waals surface area contributed by atoms with Crippen molar-refractivity contribution in [2.45, 2.75) is 4.90 Å². The Hall–Kier alpha value is -0.920. The van der Waals surface area contributed by atoms with Crippen molar-refractivity contribution in [3.63, 3.8) is 0 Å². The molecule has 0 aliphatic rings. The maximum Gasteiger partial charge on any atom is 0.263 e. The van der Waals surface area contributed by atoms with Gasteiger partial charge in [-0.05, 0) is 40.2 Å². The standard InChI is InChI=1S/C11H8Br2N2O2S/c12-8-2-1-3-10(4-8)15-18(16,17)11-5-9(13)6-14-7-11/h1-7,15H. The van der Waals surface area contributed by atoms with Crippen LogP contribution in [0.25, 0.3) is 0 Å². The van der Waals surface area contributed by atoms with Crippen LogP contribution in [0.15, 0.2) is 56.6 Å². The molecule has 7 heteroatoms. The molecule has 1 heterocycles. The second-order valence-corrected chi connectivity index (χ2v) is 6.97. The molecule has 0 aliphatic heterocycles. The van der Waals surface area contributed by atoms with Gasteiger partial charge >= 0.3 is 0 Å². The first-order valence-electron chi connectivity index (χ1n) is 4.86. The van der Waals surface area contributed by atoms with E-state index >= 15 is 0 Å². The van der Waals surface area contributed by atoms with Gasteiger partial charge in [-0.25, -0.2) is 8.42 Å². The zero-order valence-corrected chi connectivity index (χ0v) is 13.0. The van der Waals surface area contributed by atoms with Crippen LogP contribution < -0.4 is 4.72 Å². The van der Waals surface area contributed by atoms with Crippen LogP contribution in [0.3, 0.4) is 0 Å². The SMILES string of the molecule is O=S(=O)(Nc1cccc(Br)c1)c1cncc(Br)c1. The summed E-state index contributed by atoms with van der Waals surface area (Å²) in [6, 6.07) is 8.42. The molecule has 1 aromatic carbocycles. The van der Waals surface area contributed by atoms with E-state index in [1.54, 1.807) is 18.2 Å². The Bertz CT molecular complexity index is 674. The van der Waals surface area contributed by atoms with Crippen LogP contribution in [0.4, 0.5) is 5.69 Å². The molecule has 2 rings (SSSR count). The van der Waals surface area contributed by atoms with Crippen molar-refractivity contribution in [3.8, 4) is 0 Å². The first-order chi connectivity index (χ1) is 8.47. The maximum atomic E-state index is 12.1. The lowest BCUT2D eigenvalue weighted by Crippen LogP contribution is -2.13. The number of nitrogens with zero attached hydrogens (tertiary/aromatic N) is 1. The summed E-state index contributed by atoms with van der Waals surface area (Å²) >= 11 is 6.47. The first-order valence-corrected chi connectivity index (χ1v) is 7.93. The van der Waals surface area contributed by atoms with E-state index in [0.29, 0.717) is 10.2 Å². The summed E-state index contributed by atoms with van der Waals surface area (Å²) in [6.07, 6.45) is 2.82. The van der Waals surface area contributed by atoms with Gasteiger partial charge in [-0.2, -0.15) is 0 Å². The highest BCUT2D eigenvalue weighted by Gasteiger charge is 2.14. The number of anilines is 1. The molecule has 0 unspecified atom stereocenters. The third kappa shape index (κ3) is 3.30. The highest BCUT2D eigenvalue weighted by atomic mass is 79.9. The van der Waals surface area contributed by atoms with Gasteiger partial charge in [-0.1, -0.05) is 22.0 Å². The minimum Gasteiger partial charge on any atom is -0.280 e. The number of sulfonamides is 1.